The number of benzene rings is 1. The maximum Gasteiger partial charge on any atom is 0.319 e. The molecule has 3 rings (SSSR count). The van der Waals surface area contributed by atoms with Gasteiger partial charge < -0.3 is 15.4 Å². The molecular weight excluding hydrogens is 330 g/mol. The first-order valence-corrected chi connectivity index (χ1v) is 8.43. The second-order valence-electron chi connectivity index (χ2n) is 5.57. The number of nitrogens with one attached hydrogen (secondary N) is 2. The molecule has 2 heterocycles. The SMILES string of the molecule is CCOc1ncccc1CNC(=O)Nc1ccccc1Cn1cccn1. The standard InChI is InChI=1S/C19H21N5O2/c1-2-26-18-15(8-5-10-20-18)13-21-19(25)23-17-9-4-3-7-16(17)14-24-12-6-11-22-24/h3-12H,2,13-14H2,1H3,(H2,21,23,25). The molecule has 0 unspecified atom stereocenters. The highest BCUT2D eigenvalue weighted by Gasteiger charge is 2.09. The third-order valence-corrected chi connectivity index (χ3v) is 3.73. The number of pyridine rings is 1. The Hall–Kier alpha value is -3.35. The molecular formula is C19H21N5O2. The Balaban J connectivity index is 1.62. The Bertz CT molecular complexity index is 849. The van der Waals surface area contributed by atoms with E-state index in [1.54, 1.807) is 12.4 Å². The number of rotatable bonds is 7. The number of carbonyl (C=O) groups excluding carboxylic acids is 1. The molecule has 7 nitrogen and oxygen atoms in total. The van der Waals surface area contributed by atoms with Gasteiger partial charge in [-0.2, -0.15) is 5.10 Å². The second-order valence-corrected chi connectivity index (χ2v) is 5.57. The largest absolute Gasteiger partial charge is 0.478 e. The summed E-state index contributed by atoms with van der Waals surface area (Å²) in [6.07, 6.45) is 5.28. The number of hydrogen-bond acceptors (Lipinski definition) is 4. The maximum atomic E-state index is 12.3. The van der Waals surface area contributed by atoms with E-state index in [0.717, 1.165) is 16.8 Å². The second kappa shape index (κ2) is 8.66. The number of urea groups is 1. The van der Waals surface area contributed by atoms with E-state index in [1.165, 1.54) is 0 Å². The van der Waals surface area contributed by atoms with E-state index in [2.05, 4.69) is 20.7 Å². The van der Waals surface area contributed by atoms with Crippen LogP contribution >= 0.6 is 0 Å². The summed E-state index contributed by atoms with van der Waals surface area (Å²) in [6.45, 7) is 3.34. The van der Waals surface area contributed by atoms with Crippen LogP contribution in [-0.4, -0.2) is 27.4 Å². The number of ether oxygens (including phenoxy) is 1. The summed E-state index contributed by atoms with van der Waals surface area (Å²) < 4.78 is 7.28. The van der Waals surface area contributed by atoms with Crippen molar-refractivity contribution in [3.05, 3.63) is 72.2 Å². The third-order valence-electron chi connectivity index (χ3n) is 3.73. The first-order chi connectivity index (χ1) is 12.8. The maximum absolute atomic E-state index is 12.3. The third kappa shape index (κ3) is 4.60. The van der Waals surface area contributed by atoms with Crippen LogP contribution in [0.1, 0.15) is 18.1 Å². The van der Waals surface area contributed by atoms with Crippen LogP contribution < -0.4 is 15.4 Å². The van der Waals surface area contributed by atoms with E-state index in [4.69, 9.17) is 4.74 Å². The van der Waals surface area contributed by atoms with Gasteiger partial charge in [0.25, 0.3) is 0 Å². The van der Waals surface area contributed by atoms with Crippen molar-refractivity contribution in [2.75, 3.05) is 11.9 Å². The summed E-state index contributed by atoms with van der Waals surface area (Å²) in [5.41, 5.74) is 2.55. The summed E-state index contributed by atoms with van der Waals surface area (Å²) in [5.74, 6) is 0.536. The predicted molar refractivity (Wildman–Crippen MR) is 99.0 cm³/mol. The number of nitrogens with zero attached hydrogens (tertiary/aromatic N) is 3. The molecule has 0 saturated heterocycles. The number of para-hydroxylation sites is 1. The molecule has 7 heteroatoms. The zero-order valence-electron chi connectivity index (χ0n) is 14.6. The number of anilines is 1. The molecule has 0 fully saturated rings. The number of hydrogen-bond donors (Lipinski definition) is 2. The normalized spacial score (nSPS) is 10.3. The minimum atomic E-state index is -0.288. The molecule has 0 bridgehead atoms. The highest BCUT2D eigenvalue weighted by molar-refractivity contribution is 5.90. The predicted octanol–water partition coefficient (Wildman–Crippen LogP) is 3.05. The zero-order chi connectivity index (χ0) is 18.2. The average molecular weight is 351 g/mol. The Kier molecular flexibility index (Phi) is 5.82. The van der Waals surface area contributed by atoms with Crippen molar-refractivity contribution in [3.63, 3.8) is 0 Å². The monoisotopic (exact) mass is 351 g/mol. The van der Waals surface area contributed by atoms with Crippen LogP contribution in [0.5, 0.6) is 5.88 Å². The van der Waals surface area contributed by atoms with Gasteiger partial charge >= 0.3 is 6.03 Å². The number of amides is 2. The van der Waals surface area contributed by atoms with Crippen LogP contribution in [0.2, 0.25) is 0 Å². The molecule has 0 aliphatic rings. The Morgan fingerprint density at radius 3 is 2.77 bits per heavy atom. The van der Waals surface area contributed by atoms with E-state index in [9.17, 15) is 4.79 Å². The lowest BCUT2D eigenvalue weighted by Crippen LogP contribution is -2.29. The van der Waals surface area contributed by atoms with Gasteiger partial charge in [0.2, 0.25) is 5.88 Å². The molecule has 2 amide bonds. The highest BCUT2D eigenvalue weighted by Crippen LogP contribution is 2.17. The van der Waals surface area contributed by atoms with Crippen LogP contribution in [0.3, 0.4) is 0 Å². The van der Waals surface area contributed by atoms with Crippen LogP contribution in [-0.2, 0) is 13.1 Å². The first-order valence-electron chi connectivity index (χ1n) is 8.43. The van der Waals surface area contributed by atoms with E-state index in [1.807, 2.05) is 60.3 Å². The molecule has 0 atom stereocenters. The summed E-state index contributed by atoms with van der Waals surface area (Å²) in [6, 6.07) is 12.9. The van der Waals surface area contributed by atoms with Gasteiger partial charge in [0.05, 0.1) is 13.2 Å². The van der Waals surface area contributed by atoms with Gasteiger partial charge in [0.1, 0.15) is 0 Å². The van der Waals surface area contributed by atoms with E-state index < -0.39 is 0 Å². The van der Waals surface area contributed by atoms with Crippen molar-refractivity contribution in [1.82, 2.24) is 20.1 Å². The first kappa shape index (κ1) is 17.5. The van der Waals surface area contributed by atoms with Crippen molar-refractivity contribution in [1.29, 1.82) is 0 Å². The summed E-state index contributed by atoms with van der Waals surface area (Å²) in [7, 11) is 0. The van der Waals surface area contributed by atoms with Gasteiger partial charge in [-0.3, -0.25) is 4.68 Å². The number of aromatic nitrogens is 3. The molecule has 0 aliphatic carbocycles. The summed E-state index contributed by atoms with van der Waals surface area (Å²) in [4.78, 5) is 16.5. The molecule has 0 spiro atoms. The van der Waals surface area contributed by atoms with Crippen LogP contribution in [0, 0.1) is 0 Å². The molecule has 0 aliphatic heterocycles. The van der Waals surface area contributed by atoms with Gasteiger partial charge in [0.15, 0.2) is 0 Å². The summed E-state index contributed by atoms with van der Waals surface area (Å²) in [5, 5.41) is 9.93. The molecule has 134 valence electrons. The van der Waals surface area contributed by atoms with Crippen LogP contribution in [0.15, 0.2) is 61.1 Å². The van der Waals surface area contributed by atoms with Crippen LogP contribution in [0.25, 0.3) is 0 Å². The molecule has 0 saturated carbocycles. The molecule has 0 radical (unpaired) electrons. The van der Waals surface area contributed by atoms with Crippen molar-refractivity contribution in [2.45, 2.75) is 20.0 Å². The highest BCUT2D eigenvalue weighted by atomic mass is 16.5. The van der Waals surface area contributed by atoms with E-state index in [-0.39, 0.29) is 6.03 Å². The fraction of sp³-hybridized carbons (Fsp3) is 0.211. The molecule has 1 aromatic carbocycles. The quantitative estimate of drug-likeness (QED) is 0.685. The minimum Gasteiger partial charge on any atom is -0.478 e. The molecule has 26 heavy (non-hydrogen) atoms. The topological polar surface area (TPSA) is 81.1 Å². The van der Waals surface area contributed by atoms with Gasteiger partial charge in [-0.15, -0.1) is 0 Å². The lowest BCUT2D eigenvalue weighted by molar-refractivity contribution is 0.251. The van der Waals surface area contributed by atoms with Crippen molar-refractivity contribution in [2.24, 2.45) is 0 Å². The Labute approximate surface area is 152 Å². The van der Waals surface area contributed by atoms with E-state index >= 15 is 0 Å². The molecule has 2 aromatic heterocycles. The van der Waals surface area contributed by atoms with Crippen molar-refractivity contribution in [3.8, 4) is 5.88 Å². The lowest BCUT2D eigenvalue weighted by Gasteiger charge is -2.13. The van der Waals surface area contributed by atoms with E-state index in [0.29, 0.717) is 25.6 Å². The molecule has 3 aromatic rings. The number of carbonyl (C=O) groups is 1. The van der Waals surface area contributed by atoms with Gasteiger partial charge in [-0.05, 0) is 30.7 Å². The summed E-state index contributed by atoms with van der Waals surface area (Å²) >= 11 is 0. The van der Waals surface area contributed by atoms with Crippen molar-refractivity contribution < 1.29 is 9.53 Å². The smallest absolute Gasteiger partial charge is 0.319 e. The fourth-order valence-electron chi connectivity index (χ4n) is 2.52. The van der Waals surface area contributed by atoms with Crippen LogP contribution in [0.4, 0.5) is 10.5 Å². The molecule has 2 N–H and O–H groups in total. The van der Waals surface area contributed by atoms with Gasteiger partial charge in [-0.25, -0.2) is 9.78 Å². The minimum absolute atomic E-state index is 0.288. The zero-order valence-corrected chi connectivity index (χ0v) is 14.6. The fourth-order valence-corrected chi connectivity index (χ4v) is 2.52. The Morgan fingerprint density at radius 1 is 1.12 bits per heavy atom. The van der Waals surface area contributed by atoms with Gasteiger partial charge in [0, 0.05) is 36.4 Å². The Morgan fingerprint density at radius 2 is 1.96 bits per heavy atom. The van der Waals surface area contributed by atoms with Gasteiger partial charge in [-0.1, -0.05) is 24.3 Å². The lowest BCUT2D eigenvalue weighted by atomic mass is 10.2. The average Bonchev–Trinajstić information content (AvgIpc) is 3.16. The van der Waals surface area contributed by atoms with Crippen molar-refractivity contribution >= 4 is 11.7 Å².